The summed E-state index contributed by atoms with van der Waals surface area (Å²) in [6, 6.07) is 3.96. The summed E-state index contributed by atoms with van der Waals surface area (Å²) in [7, 11) is 0. The van der Waals surface area contributed by atoms with Crippen molar-refractivity contribution in [2.45, 2.75) is 12.5 Å². The van der Waals surface area contributed by atoms with Gasteiger partial charge in [-0.2, -0.15) is 0 Å². The Balaban J connectivity index is 2.12. The highest BCUT2D eigenvalue weighted by molar-refractivity contribution is 6.42. The lowest BCUT2D eigenvalue weighted by atomic mass is 10.1. The molecule has 0 aliphatic carbocycles. The summed E-state index contributed by atoms with van der Waals surface area (Å²) in [6.07, 6.45) is 1.13. The molecule has 0 amide bonds. The fourth-order valence-corrected chi connectivity index (χ4v) is 2.03. The van der Waals surface area contributed by atoms with Crippen LogP contribution in [0.1, 0.15) is 18.3 Å². The molecule has 2 N–H and O–H groups in total. The van der Waals surface area contributed by atoms with Gasteiger partial charge in [-0.25, -0.2) is 4.98 Å². The number of nitrogens with zero attached hydrogens (tertiary/aromatic N) is 1. The third-order valence-corrected chi connectivity index (χ3v) is 3.42. The molecule has 0 saturated carbocycles. The minimum Gasteiger partial charge on any atom is -0.341 e. The summed E-state index contributed by atoms with van der Waals surface area (Å²) >= 11 is 11.9. The van der Waals surface area contributed by atoms with E-state index in [2.05, 4.69) is 15.3 Å². The largest absolute Gasteiger partial charge is 0.341 e. The lowest BCUT2D eigenvalue weighted by Gasteiger charge is -2.25. The molecule has 1 aromatic heterocycles. The van der Waals surface area contributed by atoms with Gasteiger partial charge in [0, 0.05) is 0 Å². The number of nitrogens with one attached hydrogen (secondary N) is 2. The first-order valence-corrected chi connectivity index (χ1v) is 5.57. The fraction of sp³-hybridized carbons (Fsp3) is 0.300. The van der Waals surface area contributed by atoms with Gasteiger partial charge in [-0.3, -0.25) is 0 Å². The molecule has 0 radical (unpaired) electrons. The molecule has 0 bridgehead atoms. The topological polar surface area (TPSA) is 40.7 Å². The Bertz CT molecular complexity index is 478. The number of aromatic amines is 1. The Kier molecular flexibility index (Phi) is 2.12. The maximum atomic E-state index is 5.93. The zero-order chi connectivity index (χ0) is 10.4. The minimum absolute atomic E-state index is 0.356. The van der Waals surface area contributed by atoms with Crippen LogP contribution in [0, 0.1) is 0 Å². The number of halogens is 2. The minimum atomic E-state index is 0.356. The summed E-state index contributed by atoms with van der Waals surface area (Å²) in [5, 5.41) is 4.39. The van der Waals surface area contributed by atoms with Gasteiger partial charge in [0.25, 0.3) is 0 Å². The molecule has 78 valence electrons. The van der Waals surface area contributed by atoms with Crippen molar-refractivity contribution in [2.75, 3.05) is 6.54 Å². The molecule has 2 aromatic rings. The first-order valence-electron chi connectivity index (χ1n) is 4.82. The van der Waals surface area contributed by atoms with E-state index in [9.17, 15) is 0 Å². The molecule has 1 atom stereocenters. The van der Waals surface area contributed by atoms with Gasteiger partial charge in [0.05, 0.1) is 27.1 Å². The number of H-pyrrole nitrogens is 1. The Labute approximate surface area is 96.8 Å². The summed E-state index contributed by atoms with van der Waals surface area (Å²) in [6.45, 7) is 1.06. The maximum absolute atomic E-state index is 5.93. The third-order valence-electron chi connectivity index (χ3n) is 2.70. The Hall–Kier alpha value is -0.770. The number of hydrogen-bond acceptors (Lipinski definition) is 2. The molecule has 2 heterocycles. The summed E-state index contributed by atoms with van der Waals surface area (Å²) in [5.41, 5.74) is 1.81. The molecule has 3 rings (SSSR count). The van der Waals surface area contributed by atoms with Crippen molar-refractivity contribution in [1.29, 1.82) is 0 Å². The van der Waals surface area contributed by atoms with E-state index < -0.39 is 0 Å². The van der Waals surface area contributed by atoms with Crippen molar-refractivity contribution in [2.24, 2.45) is 0 Å². The lowest BCUT2D eigenvalue weighted by Crippen LogP contribution is -2.35. The van der Waals surface area contributed by atoms with Crippen LogP contribution in [0.4, 0.5) is 0 Å². The van der Waals surface area contributed by atoms with Crippen LogP contribution in [0.15, 0.2) is 12.1 Å². The van der Waals surface area contributed by atoms with Crippen LogP contribution in [-0.4, -0.2) is 16.5 Å². The van der Waals surface area contributed by atoms with Crippen molar-refractivity contribution < 1.29 is 0 Å². The van der Waals surface area contributed by atoms with Crippen LogP contribution in [0.5, 0.6) is 0 Å². The molecule has 0 unspecified atom stereocenters. The quantitative estimate of drug-likeness (QED) is 0.807. The van der Waals surface area contributed by atoms with Gasteiger partial charge < -0.3 is 10.3 Å². The zero-order valence-electron chi connectivity index (χ0n) is 7.85. The van der Waals surface area contributed by atoms with Crippen LogP contribution >= 0.6 is 23.2 Å². The van der Waals surface area contributed by atoms with E-state index in [1.54, 1.807) is 6.07 Å². The summed E-state index contributed by atoms with van der Waals surface area (Å²) in [5.74, 6) is 0.967. The Morgan fingerprint density at radius 1 is 1.27 bits per heavy atom. The Morgan fingerprint density at radius 2 is 2.00 bits per heavy atom. The van der Waals surface area contributed by atoms with Crippen LogP contribution < -0.4 is 5.32 Å². The molecule has 1 aliphatic rings. The van der Waals surface area contributed by atoms with E-state index >= 15 is 0 Å². The fourth-order valence-electron chi connectivity index (χ4n) is 1.71. The van der Waals surface area contributed by atoms with Gasteiger partial charge in [0.2, 0.25) is 0 Å². The highest BCUT2D eigenvalue weighted by Crippen LogP contribution is 2.29. The summed E-state index contributed by atoms with van der Waals surface area (Å²) in [4.78, 5) is 7.72. The normalized spacial score (nSPS) is 20.5. The lowest BCUT2D eigenvalue weighted by molar-refractivity contribution is 0.369. The standard InChI is InChI=1S/C10H9Cl2N3/c11-5-3-8-9(4-6(5)12)15-10(14-8)7-1-2-13-7/h3-4,7,13H,1-2H2,(H,14,15)/t7-/m0/s1. The van der Waals surface area contributed by atoms with Gasteiger partial charge in [-0.05, 0) is 25.1 Å². The van der Waals surface area contributed by atoms with E-state index in [0.29, 0.717) is 16.1 Å². The number of hydrogen-bond donors (Lipinski definition) is 2. The average Bonchev–Trinajstić information content (AvgIpc) is 2.45. The molecule has 1 aromatic carbocycles. The van der Waals surface area contributed by atoms with E-state index in [1.807, 2.05) is 6.07 Å². The van der Waals surface area contributed by atoms with E-state index in [4.69, 9.17) is 23.2 Å². The SMILES string of the molecule is Clc1cc2nc([C@@H]3CCN3)[nH]c2cc1Cl. The highest BCUT2D eigenvalue weighted by atomic mass is 35.5. The third kappa shape index (κ3) is 1.51. The molecule has 1 fully saturated rings. The molecule has 1 aliphatic heterocycles. The van der Waals surface area contributed by atoms with Crippen molar-refractivity contribution in [3.8, 4) is 0 Å². The molecule has 5 heteroatoms. The molecule has 3 nitrogen and oxygen atoms in total. The monoisotopic (exact) mass is 241 g/mol. The molecule has 1 saturated heterocycles. The van der Waals surface area contributed by atoms with E-state index in [-0.39, 0.29) is 0 Å². The number of aromatic nitrogens is 2. The maximum Gasteiger partial charge on any atom is 0.124 e. The highest BCUT2D eigenvalue weighted by Gasteiger charge is 2.21. The number of rotatable bonds is 1. The van der Waals surface area contributed by atoms with Crippen LogP contribution in [0.25, 0.3) is 11.0 Å². The second kappa shape index (κ2) is 3.37. The van der Waals surface area contributed by atoms with Gasteiger partial charge >= 0.3 is 0 Å². The molecule has 15 heavy (non-hydrogen) atoms. The van der Waals surface area contributed by atoms with Crippen LogP contribution in [0.3, 0.4) is 0 Å². The first-order chi connectivity index (χ1) is 7.24. The average molecular weight is 242 g/mol. The van der Waals surface area contributed by atoms with Crippen molar-refractivity contribution in [3.05, 3.63) is 28.0 Å². The molecular formula is C10H9Cl2N3. The van der Waals surface area contributed by atoms with E-state index in [0.717, 1.165) is 29.8 Å². The number of imidazole rings is 1. The number of fused-ring (bicyclic) bond motifs is 1. The predicted octanol–water partition coefficient (Wildman–Crippen LogP) is 2.90. The van der Waals surface area contributed by atoms with Crippen molar-refractivity contribution in [1.82, 2.24) is 15.3 Å². The van der Waals surface area contributed by atoms with Crippen molar-refractivity contribution >= 4 is 34.2 Å². The molecular weight excluding hydrogens is 233 g/mol. The second-order valence-electron chi connectivity index (χ2n) is 3.70. The van der Waals surface area contributed by atoms with Gasteiger partial charge in [0.1, 0.15) is 5.82 Å². The smallest absolute Gasteiger partial charge is 0.124 e. The van der Waals surface area contributed by atoms with Gasteiger partial charge in [-0.15, -0.1) is 0 Å². The predicted molar refractivity (Wildman–Crippen MR) is 61.5 cm³/mol. The zero-order valence-corrected chi connectivity index (χ0v) is 9.36. The van der Waals surface area contributed by atoms with Crippen molar-refractivity contribution in [3.63, 3.8) is 0 Å². The molecule has 0 spiro atoms. The van der Waals surface area contributed by atoms with Crippen LogP contribution in [-0.2, 0) is 0 Å². The van der Waals surface area contributed by atoms with E-state index in [1.165, 1.54) is 0 Å². The van der Waals surface area contributed by atoms with Gasteiger partial charge in [0.15, 0.2) is 0 Å². The van der Waals surface area contributed by atoms with Crippen LogP contribution in [0.2, 0.25) is 10.0 Å². The second-order valence-corrected chi connectivity index (χ2v) is 4.52. The number of benzene rings is 1. The Morgan fingerprint density at radius 3 is 2.67 bits per heavy atom. The summed E-state index contributed by atoms with van der Waals surface area (Å²) < 4.78 is 0. The first kappa shape index (κ1) is 9.46. The van der Waals surface area contributed by atoms with Gasteiger partial charge in [-0.1, -0.05) is 23.2 Å².